The van der Waals surface area contributed by atoms with Gasteiger partial charge in [-0.2, -0.15) is 0 Å². The van der Waals surface area contributed by atoms with E-state index in [0.717, 1.165) is 4.90 Å². The summed E-state index contributed by atoms with van der Waals surface area (Å²) in [6.45, 7) is 2.39. The van der Waals surface area contributed by atoms with E-state index in [1.54, 1.807) is 42.5 Å². The number of benzene rings is 2. The fourth-order valence-corrected chi connectivity index (χ4v) is 2.95. The van der Waals surface area contributed by atoms with Gasteiger partial charge in [0.25, 0.3) is 11.8 Å². The van der Waals surface area contributed by atoms with Crippen molar-refractivity contribution in [2.24, 2.45) is 0 Å². The number of imide groups is 1. The smallest absolute Gasteiger partial charge is 0.283 e. The van der Waals surface area contributed by atoms with E-state index in [9.17, 15) is 9.59 Å². The van der Waals surface area contributed by atoms with Crippen LogP contribution in [0.3, 0.4) is 0 Å². The minimum absolute atomic E-state index is 0.0241. The van der Waals surface area contributed by atoms with Crippen LogP contribution in [0.2, 0.25) is 0 Å². The van der Waals surface area contributed by atoms with Crippen LogP contribution < -0.4 is 24.4 Å². The summed E-state index contributed by atoms with van der Waals surface area (Å²) in [7, 11) is 3.03. The normalized spacial score (nSPS) is 13.8. The topological polar surface area (TPSA) is 77.1 Å². The number of amides is 2. The Labute approximate surface area is 167 Å². The Balaban J connectivity index is 1.87. The fraction of sp³-hybridized carbons (Fsp3) is 0.200. The standard InChI is InChI=1S/C20H19ClN2O5/c1-4-28-13-7-5-12(6-8-13)23-19(24)17(21)18(20(23)25)22-15-10-9-14(26-2)11-16(15)27-3/h5-11,22H,4H2,1-3H3. The Bertz CT molecular complexity index is 940. The largest absolute Gasteiger partial charge is 0.497 e. The molecule has 0 aromatic heterocycles. The third-order valence-electron chi connectivity index (χ3n) is 4.10. The number of hydrogen-bond acceptors (Lipinski definition) is 6. The van der Waals surface area contributed by atoms with Crippen molar-refractivity contribution in [3.63, 3.8) is 0 Å². The number of nitrogens with one attached hydrogen (secondary N) is 1. The maximum Gasteiger partial charge on any atom is 0.283 e. The maximum atomic E-state index is 12.9. The molecule has 3 rings (SSSR count). The Morgan fingerprint density at radius 2 is 1.64 bits per heavy atom. The molecule has 28 heavy (non-hydrogen) atoms. The van der Waals surface area contributed by atoms with Gasteiger partial charge in [0.2, 0.25) is 0 Å². The third kappa shape index (κ3) is 3.61. The highest BCUT2D eigenvalue weighted by Crippen LogP contribution is 2.35. The molecule has 2 amide bonds. The number of halogens is 1. The van der Waals surface area contributed by atoms with Gasteiger partial charge in [0.1, 0.15) is 28.0 Å². The number of nitrogens with zero attached hydrogens (tertiary/aromatic N) is 1. The van der Waals surface area contributed by atoms with Crippen molar-refractivity contribution in [2.75, 3.05) is 31.0 Å². The molecule has 0 atom stereocenters. The third-order valence-corrected chi connectivity index (χ3v) is 4.45. The van der Waals surface area contributed by atoms with E-state index in [4.69, 9.17) is 25.8 Å². The summed E-state index contributed by atoms with van der Waals surface area (Å²) in [5.41, 5.74) is 0.852. The van der Waals surface area contributed by atoms with Gasteiger partial charge in [0, 0.05) is 6.07 Å². The Kier molecular flexibility index (Phi) is 5.75. The number of methoxy groups -OCH3 is 2. The molecule has 1 aliphatic rings. The number of carbonyl (C=O) groups excluding carboxylic acids is 2. The minimum atomic E-state index is -0.606. The van der Waals surface area contributed by atoms with E-state index in [1.165, 1.54) is 14.2 Å². The van der Waals surface area contributed by atoms with Gasteiger partial charge in [0.15, 0.2) is 0 Å². The summed E-state index contributed by atoms with van der Waals surface area (Å²) in [6, 6.07) is 11.7. The number of ether oxygens (including phenoxy) is 3. The summed E-state index contributed by atoms with van der Waals surface area (Å²) in [6.07, 6.45) is 0. The first-order chi connectivity index (χ1) is 13.5. The van der Waals surface area contributed by atoms with Gasteiger partial charge in [-0.3, -0.25) is 9.59 Å². The summed E-state index contributed by atoms with van der Waals surface area (Å²) < 4.78 is 15.9. The monoisotopic (exact) mass is 402 g/mol. The van der Waals surface area contributed by atoms with Gasteiger partial charge in [-0.15, -0.1) is 0 Å². The van der Waals surface area contributed by atoms with E-state index in [1.807, 2.05) is 6.92 Å². The SMILES string of the molecule is CCOc1ccc(N2C(=O)C(Cl)=C(Nc3ccc(OC)cc3OC)C2=O)cc1. The van der Waals surface area contributed by atoms with Crippen molar-refractivity contribution in [3.8, 4) is 17.2 Å². The lowest BCUT2D eigenvalue weighted by atomic mass is 10.2. The Morgan fingerprint density at radius 1 is 0.964 bits per heavy atom. The van der Waals surface area contributed by atoms with Gasteiger partial charge >= 0.3 is 0 Å². The fourth-order valence-electron chi connectivity index (χ4n) is 2.74. The van der Waals surface area contributed by atoms with E-state index in [0.29, 0.717) is 35.2 Å². The van der Waals surface area contributed by atoms with Crippen molar-refractivity contribution in [3.05, 3.63) is 53.2 Å². The summed E-state index contributed by atoms with van der Waals surface area (Å²) >= 11 is 6.17. The molecule has 2 aromatic carbocycles. The van der Waals surface area contributed by atoms with Crippen molar-refractivity contribution in [1.29, 1.82) is 0 Å². The lowest BCUT2D eigenvalue weighted by molar-refractivity contribution is -0.120. The second kappa shape index (κ2) is 8.22. The Hall–Kier alpha value is -3.19. The zero-order chi connectivity index (χ0) is 20.3. The van der Waals surface area contributed by atoms with Crippen LogP contribution >= 0.6 is 11.6 Å². The van der Waals surface area contributed by atoms with Gasteiger partial charge < -0.3 is 19.5 Å². The maximum absolute atomic E-state index is 12.9. The van der Waals surface area contributed by atoms with Crippen LogP contribution in [0.1, 0.15) is 6.92 Å². The zero-order valence-corrected chi connectivity index (χ0v) is 16.4. The molecule has 1 aliphatic heterocycles. The van der Waals surface area contributed by atoms with Crippen LogP contribution in [0.15, 0.2) is 53.2 Å². The van der Waals surface area contributed by atoms with E-state index >= 15 is 0 Å². The van der Waals surface area contributed by atoms with Gasteiger partial charge in [-0.25, -0.2) is 4.90 Å². The number of hydrogen-bond donors (Lipinski definition) is 1. The van der Waals surface area contributed by atoms with Crippen LogP contribution in [0.4, 0.5) is 11.4 Å². The first kappa shape index (κ1) is 19.6. The lowest BCUT2D eigenvalue weighted by Crippen LogP contribution is -2.32. The first-order valence-corrected chi connectivity index (χ1v) is 8.88. The molecular weight excluding hydrogens is 384 g/mol. The molecule has 2 aromatic rings. The van der Waals surface area contributed by atoms with Gasteiger partial charge in [-0.1, -0.05) is 11.6 Å². The quantitative estimate of drug-likeness (QED) is 0.714. The molecule has 0 radical (unpaired) electrons. The predicted molar refractivity (Wildman–Crippen MR) is 106 cm³/mol. The number of rotatable bonds is 7. The van der Waals surface area contributed by atoms with Crippen LogP contribution in [-0.2, 0) is 9.59 Å². The molecule has 7 nitrogen and oxygen atoms in total. The van der Waals surface area contributed by atoms with Crippen molar-refractivity contribution in [2.45, 2.75) is 6.92 Å². The van der Waals surface area contributed by atoms with Gasteiger partial charge in [0.05, 0.1) is 32.2 Å². The molecule has 0 saturated heterocycles. The lowest BCUT2D eigenvalue weighted by Gasteiger charge is -2.16. The van der Waals surface area contributed by atoms with Crippen LogP contribution in [0.5, 0.6) is 17.2 Å². The van der Waals surface area contributed by atoms with E-state index < -0.39 is 11.8 Å². The summed E-state index contributed by atoms with van der Waals surface area (Å²) in [4.78, 5) is 26.5. The number of anilines is 2. The van der Waals surface area contributed by atoms with Crippen molar-refractivity contribution < 1.29 is 23.8 Å². The molecule has 1 heterocycles. The minimum Gasteiger partial charge on any atom is -0.497 e. The summed E-state index contributed by atoms with van der Waals surface area (Å²) in [5.74, 6) is 0.511. The first-order valence-electron chi connectivity index (χ1n) is 8.50. The van der Waals surface area contributed by atoms with Crippen LogP contribution in [-0.4, -0.2) is 32.6 Å². The molecule has 0 saturated carbocycles. The molecule has 0 bridgehead atoms. The molecule has 0 fully saturated rings. The predicted octanol–water partition coefficient (Wildman–Crippen LogP) is 3.54. The second-order valence-electron chi connectivity index (χ2n) is 5.75. The van der Waals surface area contributed by atoms with Crippen LogP contribution in [0.25, 0.3) is 0 Å². The van der Waals surface area contributed by atoms with E-state index in [-0.39, 0.29) is 10.7 Å². The highest BCUT2D eigenvalue weighted by molar-refractivity contribution is 6.53. The summed E-state index contributed by atoms with van der Waals surface area (Å²) in [5, 5.41) is 2.71. The van der Waals surface area contributed by atoms with Gasteiger partial charge in [-0.05, 0) is 43.3 Å². The molecule has 8 heteroatoms. The highest BCUT2D eigenvalue weighted by atomic mass is 35.5. The molecule has 1 N–H and O–H groups in total. The van der Waals surface area contributed by atoms with Crippen LogP contribution in [0, 0.1) is 0 Å². The molecule has 0 spiro atoms. The number of carbonyl (C=O) groups is 2. The molecule has 0 unspecified atom stereocenters. The van der Waals surface area contributed by atoms with E-state index in [2.05, 4.69) is 5.32 Å². The zero-order valence-electron chi connectivity index (χ0n) is 15.6. The molecular formula is C20H19ClN2O5. The Morgan fingerprint density at radius 3 is 2.25 bits per heavy atom. The average molecular weight is 403 g/mol. The molecule has 146 valence electrons. The highest BCUT2D eigenvalue weighted by Gasteiger charge is 2.39. The van der Waals surface area contributed by atoms with Crippen molar-refractivity contribution >= 4 is 34.8 Å². The second-order valence-corrected chi connectivity index (χ2v) is 6.13. The van der Waals surface area contributed by atoms with Crippen molar-refractivity contribution in [1.82, 2.24) is 0 Å². The average Bonchev–Trinajstić information content (AvgIpc) is 2.92. The molecule has 0 aliphatic carbocycles.